The number of benzene rings is 4. The van der Waals surface area contributed by atoms with Crippen molar-refractivity contribution in [3.63, 3.8) is 0 Å². The largest absolute Gasteiger partial charge is 0.508 e. The lowest BCUT2D eigenvalue weighted by Crippen LogP contribution is -2.46. The number of anilines is 2. The number of β-amino-alcohol motifs (C(OH)–C–C–N with tert-alkyl or cyclic N) is 1. The molecule has 0 bridgehead atoms. The first-order valence-corrected chi connectivity index (χ1v) is 30.9. The Labute approximate surface area is 515 Å². The Morgan fingerprint density at radius 3 is 1.59 bits per heavy atom. The van der Waals surface area contributed by atoms with Gasteiger partial charge < -0.3 is 39.3 Å². The predicted octanol–water partition coefficient (Wildman–Crippen LogP) is 10.9. The van der Waals surface area contributed by atoms with Gasteiger partial charge >= 0.3 is 12.0 Å². The number of phenols is 2. The minimum atomic E-state index is -0.937. The number of aliphatic hydroxyl groups is 1. The molecule has 0 aliphatic carbocycles. The van der Waals surface area contributed by atoms with Crippen LogP contribution in [0.1, 0.15) is 88.2 Å². The molecule has 7 aliphatic rings. The van der Waals surface area contributed by atoms with Crippen LogP contribution in [-0.4, -0.2) is 163 Å². The van der Waals surface area contributed by atoms with Gasteiger partial charge in [-0.05, 0) is 130 Å². The van der Waals surface area contributed by atoms with E-state index in [1.54, 1.807) is 0 Å². The van der Waals surface area contributed by atoms with Crippen LogP contribution < -0.4 is 19.3 Å². The van der Waals surface area contributed by atoms with E-state index < -0.39 is 52.8 Å². The zero-order valence-corrected chi connectivity index (χ0v) is 49.4. The van der Waals surface area contributed by atoms with Gasteiger partial charge in [0.15, 0.2) is 11.6 Å². The highest BCUT2D eigenvalue weighted by Gasteiger charge is 2.51. The maximum atomic E-state index is 16.9. The SMILES string of the molecule is C#Cc1c(F)ccc2cc(O)cc(-c3ncc4c(N5CCCC(O)C5)nc(OCC56CCCN5CC(F)C6)nc4c3F)c12.C#Cc1c(F)ccc2cc(O)cc(-c3ncc4c(N5CCCC6(CCOCC6)C5)nc(OCC56CCCN5CC(F)C6)nc4c3F)c12. The first-order chi connectivity index (χ1) is 43.5. The number of pyridine rings is 2. The molecule has 0 amide bonds. The summed E-state index contributed by atoms with van der Waals surface area (Å²) >= 11 is 0. The maximum Gasteiger partial charge on any atom is 0.319 e. The van der Waals surface area contributed by atoms with Gasteiger partial charge in [-0.3, -0.25) is 19.8 Å². The summed E-state index contributed by atoms with van der Waals surface area (Å²) in [6.45, 7) is 6.44. The van der Waals surface area contributed by atoms with E-state index in [0.717, 1.165) is 77.5 Å². The van der Waals surface area contributed by atoms with Crippen LogP contribution in [0.2, 0.25) is 0 Å². The van der Waals surface area contributed by atoms with Crippen LogP contribution in [0.15, 0.2) is 60.9 Å². The number of terminal acetylenes is 2. The molecule has 11 heterocycles. The Balaban J connectivity index is 0.000000158. The van der Waals surface area contributed by atoms with Crippen LogP contribution in [0.4, 0.5) is 38.0 Å². The highest BCUT2D eigenvalue weighted by Crippen LogP contribution is 2.47. The third-order valence-corrected chi connectivity index (χ3v) is 19.9. The van der Waals surface area contributed by atoms with Gasteiger partial charge in [-0.25, -0.2) is 26.3 Å². The van der Waals surface area contributed by atoms with Crippen LogP contribution in [0, 0.1) is 53.4 Å². The molecule has 0 saturated carbocycles. The van der Waals surface area contributed by atoms with Crippen molar-refractivity contribution >= 4 is 55.0 Å². The molecule has 5 atom stereocenters. The second kappa shape index (κ2) is 23.5. The van der Waals surface area contributed by atoms with E-state index in [0.29, 0.717) is 91.7 Å². The molecule has 90 heavy (non-hydrogen) atoms. The molecule has 8 aromatic rings. The van der Waals surface area contributed by atoms with Gasteiger partial charge in [-0.2, -0.15) is 19.9 Å². The monoisotopic (exact) mass is 1230 g/mol. The van der Waals surface area contributed by atoms with Gasteiger partial charge in [0.1, 0.15) is 82.7 Å². The number of fused-ring (bicyclic) bond motifs is 6. The van der Waals surface area contributed by atoms with Gasteiger partial charge in [0.05, 0.1) is 39.1 Å². The van der Waals surface area contributed by atoms with E-state index >= 15 is 8.78 Å². The van der Waals surface area contributed by atoms with E-state index in [1.165, 1.54) is 60.9 Å². The van der Waals surface area contributed by atoms with E-state index in [4.69, 9.17) is 32.0 Å². The highest BCUT2D eigenvalue weighted by molar-refractivity contribution is 6.04. The molecule has 7 saturated heterocycles. The summed E-state index contributed by atoms with van der Waals surface area (Å²) in [7, 11) is 0. The zero-order chi connectivity index (χ0) is 62.2. The third-order valence-electron chi connectivity index (χ3n) is 19.9. The topological polar surface area (TPSA) is 179 Å². The minimum Gasteiger partial charge on any atom is -0.508 e. The molecular weight excluding hydrogens is 1170 g/mol. The second-order valence-electron chi connectivity index (χ2n) is 25.4. The van der Waals surface area contributed by atoms with Gasteiger partial charge in [-0.1, -0.05) is 24.0 Å². The Kier molecular flexibility index (Phi) is 15.5. The number of hydrogen-bond donors (Lipinski definition) is 3. The van der Waals surface area contributed by atoms with Crippen molar-refractivity contribution in [1.29, 1.82) is 0 Å². The first kappa shape index (κ1) is 59.3. The van der Waals surface area contributed by atoms with Crippen molar-refractivity contribution in [2.45, 2.75) is 107 Å². The zero-order valence-electron chi connectivity index (χ0n) is 49.4. The molecule has 22 heteroatoms. The van der Waals surface area contributed by atoms with Crippen molar-refractivity contribution in [2.75, 3.05) is 88.6 Å². The summed E-state index contributed by atoms with van der Waals surface area (Å²) in [6.07, 6.45) is 21.3. The lowest BCUT2D eigenvalue weighted by atomic mass is 9.74. The maximum absolute atomic E-state index is 16.9. The molecule has 1 spiro atoms. The summed E-state index contributed by atoms with van der Waals surface area (Å²) in [4.78, 5) is 35.8. The second-order valence-corrected chi connectivity index (χ2v) is 25.4. The third kappa shape index (κ3) is 10.6. The number of nitrogens with zero attached hydrogens (tertiary/aromatic N) is 10. The summed E-state index contributed by atoms with van der Waals surface area (Å²) < 4.78 is 110. The van der Waals surface area contributed by atoms with Gasteiger partial charge in [0.25, 0.3) is 0 Å². The van der Waals surface area contributed by atoms with Crippen molar-refractivity contribution in [3.05, 3.63) is 95.3 Å². The fourth-order valence-electron chi connectivity index (χ4n) is 15.6. The van der Waals surface area contributed by atoms with Crippen molar-refractivity contribution < 1.29 is 55.9 Å². The normalized spacial score (nSPS) is 24.1. The molecule has 15 rings (SSSR count). The lowest BCUT2D eigenvalue weighted by molar-refractivity contribution is 0.00747. The fraction of sp³-hybridized carbons (Fsp3) is 0.441. The van der Waals surface area contributed by atoms with Crippen LogP contribution in [0.3, 0.4) is 0 Å². The number of hydrogen-bond acceptors (Lipinski definition) is 16. The quantitative estimate of drug-likeness (QED) is 0.0869. The van der Waals surface area contributed by atoms with Crippen molar-refractivity contribution in [1.82, 2.24) is 39.7 Å². The first-order valence-electron chi connectivity index (χ1n) is 30.9. The fourth-order valence-corrected chi connectivity index (χ4v) is 15.6. The number of rotatable bonds is 10. The molecule has 4 aromatic heterocycles. The van der Waals surface area contributed by atoms with E-state index in [-0.39, 0.29) is 104 Å². The number of aromatic hydroxyl groups is 2. The van der Waals surface area contributed by atoms with E-state index in [2.05, 4.69) is 51.5 Å². The van der Waals surface area contributed by atoms with Gasteiger partial charge in [0.2, 0.25) is 0 Å². The number of halogens is 6. The molecule has 4 aromatic carbocycles. The predicted molar refractivity (Wildman–Crippen MR) is 328 cm³/mol. The smallest absolute Gasteiger partial charge is 0.319 e. The number of aromatic nitrogens is 6. The molecular formula is C68H66F6N10O6. The molecule has 7 fully saturated rings. The number of ether oxygens (including phenoxy) is 3. The summed E-state index contributed by atoms with van der Waals surface area (Å²) in [5, 5.41) is 33.5. The number of aliphatic hydroxyl groups excluding tert-OH is 1. The van der Waals surface area contributed by atoms with Crippen LogP contribution in [-0.2, 0) is 4.74 Å². The molecule has 16 nitrogen and oxygen atoms in total. The summed E-state index contributed by atoms with van der Waals surface area (Å²) in [5.74, 6) is 2.41. The Morgan fingerprint density at radius 1 is 0.600 bits per heavy atom. The molecule has 0 radical (unpaired) electrons. The highest BCUT2D eigenvalue weighted by atomic mass is 19.2. The minimum absolute atomic E-state index is 0.00711. The Bertz CT molecular complexity index is 4250. The number of piperidine rings is 2. The average molecular weight is 1230 g/mol. The van der Waals surface area contributed by atoms with Crippen molar-refractivity contribution in [3.8, 4) is 70.7 Å². The van der Waals surface area contributed by atoms with Gasteiger partial charge in [0, 0.05) is 99.6 Å². The number of phenolic OH excluding ortho intramolecular Hbond substituents is 2. The average Bonchev–Trinajstić information content (AvgIpc) is 1.17. The Morgan fingerprint density at radius 2 is 1.09 bits per heavy atom. The van der Waals surface area contributed by atoms with Gasteiger partial charge in [-0.15, -0.1) is 12.8 Å². The molecule has 466 valence electrons. The standard InChI is InChI=1S/C36H36F3N5O3.C32H30F3N5O3/c1-2-25-28(38)6-5-22-15-24(45)16-26(29(22)25)31-30(39)32-27(18-40-31)33(43-11-3-7-35(20-43)9-13-46-14-10-35)42-34(41-32)47-21-36-8-4-12-44(36)19-23(37)17-36;1-2-22-25(34)7-6-18-11-21(42)12-23(26(18)22)28-27(35)29-24(14-36-28)30(39-9-3-5-20(41)16-39)38-31(37-29)43-17-32-8-4-10-40(32)15-19(33)13-32/h1,5-6,15-16,18,23,45H,3-4,7-14,17,19-21H2;1,6-7,11-12,14,19-20,41-42H,3-5,8-10,13,15-17H2. The summed E-state index contributed by atoms with van der Waals surface area (Å²) in [6, 6.07) is 10.8. The summed E-state index contributed by atoms with van der Waals surface area (Å²) in [5.41, 5.74) is -1.11. The molecule has 5 unspecified atom stereocenters. The molecule has 7 aliphatic heterocycles. The number of alkyl halides is 2. The molecule has 3 N–H and O–H groups in total. The lowest BCUT2D eigenvalue weighted by Gasteiger charge is -2.45. The Hall–Kier alpha value is -8.28. The van der Waals surface area contributed by atoms with Crippen LogP contribution in [0.25, 0.3) is 65.9 Å². The van der Waals surface area contributed by atoms with Crippen LogP contribution in [0.5, 0.6) is 23.5 Å². The van der Waals surface area contributed by atoms with Crippen LogP contribution >= 0.6 is 0 Å². The van der Waals surface area contributed by atoms with E-state index in [1.807, 2.05) is 4.90 Å². The van der Waals surface area contributed by atoms with Crippen molar-refractivity contribution in [2.24, 2.45) is 5.41 Å². The van der Waals surface area contributed by atoms with E-state index in [9.17, 15) is 32.9 Å².